The van der Waals surface area contributed by atoms with E-state index in [1.807, 2.05) is 6.21 Å². The molecule has 2 heteroatoms. The van der Waals surface area contributed by atoms with Gasteiger partial charge in [-0.05, 0) is 31.8 Å². The molecule has 0 aromatic heterocycles. The van der Waals surface area contributed by atoms with Crippen molar-refractivity contribution < 1.29 is 4.84 Å². The summed E-state index contributed by atoms with van der Waals surface area (Å²) in [6, 6.07) is 0. The van der Waals surface area contributed by atoms with Crippen LogP contribution in [0, 0.1) is 0 Å². The van der Waals surface area contributed by atoms with Gasteiger partial charge in [0.1, 0.15) is 5.76 Å². The van der Waals surface area contributed by atoms with E-state index in [9.17, 15) is 0 Å². The van der Waals surface area contributed by atoms with Crippen molar-refractivity contribution in [3.8, 4) is 0 Å². The molecule has 0 heterocycles. The number of hydrogen-bond donors (Lipinski definition) is 0. The maximum absolute atomic E-state index is 5.22. The van der Waals surface area contributed by atoms with Crippen LogP contribution in [0.15, 0.2) is 17.0 Å². The normalized spacial score (nSPS) is 17.9. The van der Waals surface area contributed by atoms with Crippen LogP contribution >= 0.6 is 0 Å². The number of rotatable bonds is 4. The Morgan fingerprint density at radius 2 is 2.50 bits per heavy atom. The average molecular weight is 167 g/mol. The van der Waals surface area contributed by atoms with Crippen molar-refractivity contribution in [1.82, 2.24) is 0 Å². The Hall–Kier alpha value is -0.790. The van der Waals surface area contributed by atoms with Gasteiger partial charge in [0.25, 0.3) is 0 Å². The van der Waals surface area contributed by atoms with E-state index in [0.717, 1.165) is 31.4 Å². The molecule has 1 rings (SSSR count). The Morgan fingerprint density at radius 1 is 1.58 bits per heavy atom. The molecule has 0 amide bonds. The van der Waals surface area contributed by atoms with Gasteiger partial charge in [0.05, 0.1) is 0 Å². The molecule has 0 aliphatic heterocycles. The molecule has 0 saturated carbocycles. The second kappa shape index (κ2) is 5.81. The minimum Gasteiger partial charge on any atom is -0.362 e. The summed E-state index contributed by atoms with van der Waals surface area (Å²) in [6.07, 6.45) is 10.9. The highest BCUT2D eigenvalue weighted by molar-refractivity contribution is 5.56. The van der Waals surface area contributed by atoms with Gasteiger partial charge in [0.15, 0.2) is 0 Å². The van der Waals surface area contributed by atoms with Crippen LogP contribution in [-0.2, 0) is 4.84 Å². The molecule has 12 heavy (non-hydrogen) atoms. The molecule has 0 aromatic rings. The molecule has 0 radical (unpaired) electrons. The molecule has 0 fully saturated rings. The third-order valence-electron chi connectivity index (χ3n) is 1.91. The zero-order valence-corrected chi connectivity index (χ0v) is 7.75. The molecule has 1 aliphatic rings. The number of unbranched alkanes of at least 4 members (excludes halogenated alkanes) is 1. The molecule has 0 spiro atoms. The predicted molar refractivity (Wildman–Crippen MR) is 51.0 cm³/mol. The van der Waals surface area contributed by atoms with Crippen molar-refractivity contribution >= 4 is 6.21 Å². The molecule has 0 atom stereocenters. The first-order valence-corrected chi connectivity index (χ1v) is 4.81. The van der Waals surface area contributed by atoms with E-state index in [0.29, 0.717) is 0 Å². The standard InChI is InChI=1S/C10H17NO/c1-2-3-9-11-12-10-7-5-4-6-8-10/h7,9H,2-6,8H2,1H3. The third-order valence-corrected chi connectivity index (χ3v) is 1.91. The van der Waals surface area contributed by atoms with Crippen molar-refractivity contribution in [2.75, 3.05) is 0 Å². The summed E-state index contributed by atoms with van der Waals surface area (Å²) in [7, 11) is 0. The van der Waals surface area contributed by atoms with Crippen LogP contribution in [0.3, 0.4) is 0 Å². The van der Waals surface area contributed by atoms with E-state index in [-0.39, 0.29) is 0 Å². The predicted octanol–water partition coefficient (Wildman–Crippen LogP) is 3.25. The fraction of sp³-hybridized carbons (Fsp3) is 0.700. The summed E-state index contributed by atoms with van der Waals surface area (Å²) < 4.78 is 0. The summed E-state index contributed by atoms with van der Waals surface area (Å²) in [6.45, 7) is 2.13. The van der Waals surface area contributed by atoms with Crippen molar-refractivity contribution in [3.63, 3.8) is 0 Å². The van der Waals surface area contributed by atoms with Crippen LogP contribution in [0.25, 0.3) is 0 Å². The van der Waals surface area contributed by atoms with E-state index in [1.165, 1.54) is 12.8 Å². The Balaban J connectivity index is 2.17. The number of nitrogens with zero attached hydrogens (tertiary/aromatic N) is 1. The van der Waals surface area contributed by atoms with Gasteiger partial charge in [0, 0.05) is 12.6 Å². The lowest BCUT2D eigenvalue weighted by atomic mass is 10.1. The lowest BCUT2D eigenvalue weighted by Gasteiger charge is -2.08. The van der Waals surface area contributed by atoms with Crippen LogP contribution in [-0.4, -0.2) is 6.21 Å². The van der Waals surface area contributed by atoms with Gasteiger partial charge in [-0.25, -0.2) is 0 Å². The van der Waals surface area contributed by atoms with Gasteiger partial charge in [0.2, 0.25) is 0 Å². The maximum atomic E-state index is 5.22. The van der Waals surface area contributed by atoms with Gasteiger partial charge in [-0.3, -0.25) is 0 Å². The van der Waals surface area contributed by atoms with E-state index in [2.05, 4.69) is 18.2 Å². The fourth-order valence-electron chi connectivity index (χ4n) is 1.18. The van der Waals surface area contributed by atoms with Crippen molar-refractivity contribution in [2.24, 2.45) is 5.16 Å². The minimum absolute atomic E-state index is 1.01. The highest BCUT2D eigenvalue weighted by atomic mass is 16.6. The number of oxime groups is 1. The van der Waals surface area contributed by atoms with Crippen LogP contribution < -0.4 is 0 Å². The zero-order valence-electron chi connectivity index (χ0n) is 7.75. The molecule has 0 unspecified atom stereocenters. The van der Waals surface area contributed by atoms with Crippen molar-refractivity contribution in [3.05, 3.63) is 11.8 Å². The molecule has 0 bridgehead atoms. The number of allylic oxidation sites excluding steroid dienone is 2. The van der Waals surface area contributed by atoms with Crippen LogP contribution in [0.1, 0.15) is 45.4 Å². The van der Waals surface area contributed by atoms with Crippen LogP contribution in [0.2, 0.25) is 0 Å². The first-order valence-electron chi connectivity index (χ1n) is 4.81. The second-order valence-electron chi connectivity index (χ2n) is 3.08. The summed E-state index contributed by atoms with van der Waals surface area (Å²) in [5.41, 5.74) is 0. The summed E-state index contributed by atoms with van der Waals surface area (Å²) >= 11 is 0. The molecular formula is C10H17NO. The van der Waals surface area contributed by atoms with Gasteiger partial charge >= 0.3 is 0 Å². The third kappa shape index (κ3) is 3.56. The lowest BCUT2D eigenvalue weighted by molar-refractivity contribution is 0.209. The highest BCUT2D eigenvalue weighted by Gasteiger charge is 2.03. The van der Waals surface area contributed by atoms with Crippen LogP contribution in [0.4, 0.5) is 0 Å². The van der Waals surface area contributed by atoms with E-state index in [4.69, 9.17) is 4.84 Å². The van der Waals surface area contributed by atoms with Crippen molar-refractivity contribution in [1.29, 1.82) is 0 Å². The van der Waals surface area contributed by atoms with Crippen molar-refractivity contribution in [2.45, 2.75) is 45.4 Å². The molecule has 68 valence electrons. The molecular weight excluding hydrogens is 150 g/mol. The molecule has 1 aliphatic carbocycles. The Morgan fingerprint density at radius 3 is 3.17 bits per heavy atom. The molecule has 0 saturated heterocycles. The smallest absolute Gasteiger partial charge is 0.131 e. The minimum atomic E-state index is 1.01. The molecule has 2 nitrogen and oxygen atoms in total. The van der Waals surface area contributed by atoms with E-state index >= 15 is 0 Å². The lowest BCUT2D eigenvalue weighted by Crippen LogP contribution is -1.93. The largest absolute Gasteiger partial charge is 0.362 e. The molecule has 0 aromatic carbocycles. The van der Waals surface area contributed by atoms with Gasteiger partial charge in [-0.15, -0.1) is 0 Å². The Labute approximate surface area is 74.3 Å². The maximum Gasteiger partial charge on any atom is 0.131 e. The second-order valence-corrected chi connectivity index (χ2v) is 3.08. The summed E-state index contributed by atoms with van der Waals surface area (Å²) in [5.74, 6) is 1.05. The van der Waals surface area contributed by atoms with Crippen LogP contribution in [0.5, 0.6) is 0 Å². The Kier molecular flexibility index (Phi) is 4.50. The fourth-order valence-corrected chi connectivity index (χ4v) is 1.18. The summed E-state index contributed by atoms with van der Waals surface area (Å²) in [4.78, 5) is 5.22. The first kappa shape index (κ1) is 9.30. The topological polar surface area (TPSA) is 21.6 Å². The zero-order chi connectivity index (χ0) is 8.65. The number of hydrogen-bond acceptors (Lipinski definition) is 2. The molecule has 0 N–H and O–H groups in total. The first-order chi connectivity index (χ1) is 5.93. The van der Waals surface area contributed by atoms with Gasteiger partial charge in [-0.2, -0.15) is 0 Å². The summed E-state index contributed by atoms with van der Waals surface area (Å²) in [5, 5.41) is 3.89. The quantitative estimate of drug-likeness (QED) is 0.465. The van der Waals surface area contributed by atoms with Gasteiger partial charge < -0.3 is 4.84 Å². The highest BCUT2D eigenvalue weighted by Crippen LogP contribution is 2.17. The van der Waals surface area contributed by atoms with E-state index < -0.39 is 0 Å². The average Bonchev–Trinajstić information content (AvgIpc) is 2.14. The monoisotopic (exact) mass is 167 g/mol. The Bertz CT molecular complexity index is 173. The van der Waals surface area contributed by atoms with E-state index in [1.54, 1.807) is 0 Å². The SMILES string of the molecule is CCCC=NOC1=CCCCC1. The van der Waals surface area contributed by atoms with Gasteiger partial charge in [-0.1, -0.05) is 18.5 Å².